The van der Waals surface area contributed by atoms with E-state index in [9.17, 15) is 4.79 Å². The maximum absolute atomic E-state index is 11.9. The quantitative estimate of drug-likeness (QED) is 0.420. The normalized spacial score (nSPS) is 11.0. The first kappa shape index (κ1) is 19.4. The zero-order valence-corrected chi connectivity index (χ0v) is 17.9. The summed E-state index contributed by atoms with van der Waals surface area (Å²) in [6.45, 7) is 4.78. The van der Waals surface area contributed by atoms with E-state index < -0.39 is 5.91 Å². The van der Waals surface area contributed by atoms with Crippen LogP contribution < -0.4 is 11.1 Å². The fourth-order valence-corrected chi connectivity index (χ4v) is 4.76. The molecule has 0 bridgehead atoms. The number of aromatic nitrogens is 2. The minimum absolute atomic E-state index is 0.410. The summed E-state index contributed by atoms with van der Waals surface area (Å²) >= 11 is 3.29. The van der Waals surface area contributed by atoms with Crippen molar-refractivity contribution in [2.75, 3.05) is 5.32 Å². The molecule has 0 unspecified atom stereocenters. The predicted octanol–water partition coefficient (Wildman–Crippen LogP) is 5.38. The smallest absolute Gasteiger partial charge is 0.250 e. The lowest BCUT2D eigenvalue weighted by Gasteiger charge is -2.10. The fraction of sp³-hybridized carbons (Fsp3) is 0.182. The Morgan fingerprint density at radius 1 is 1.17 bits per heavy atom. The number of thiazole rings is 1. The molecule has 1 aromatic carbocycles. The van der Waals surface area contributed by atoms with Crippen molar-refractivity contribution in [1.29, 1.82) is 0 Å². The van der Waals surface area contributed by atoms with Gasteiger partial charge >= 0.3 is 0 Å². The summed E-state index contributed by atoms with van der Waals surface area (Å²) in [5.74, 6) is -0.410. The number of nitrogens with two attached hydrogens (primary N) is 1. The van der Waals surface area contributed by atoms with Crippen LogP contribution in [-0.2, 0) is 13.0 Å². The molecule has 0 aliphatic heterocycles. The average molecular weight is 423 g/mol. The summed E-state index contributed by atoms with van der Waals surface area (Å²) in [6.07, 6.45) is 0.900. The third kappa shape index (κ3) is 4.11. The Morgan fingerprint density at radius 3 is 2.72 bits per heavy atom. The van der Waals surface area contributed by atoms with Crippen molar-refractivity contribution in [2.24, 2.45) is 5.73 Å². The zero-order chi connectivity index (χ0) is 20.4. The summed E-state index contributed by atoms with van der Waals surface area (Å²) in [5.41, 5.74) is 11.0. The summed E-state index contributed by atoms with van der Waals surface area (Å²) in [6, 6.07) is 14.2. The molecule has 3 aromatic heterocycles. The molecule has 7 heteroatoms. The second-order valence-electron chi connectivity index (χ2n) is 6.85. The average Bonchev–Trinajstić information content (AvgIpc) is 3.42. The molecule has 0 radical (unpaired) electrons. The number of carbonyl (C=O) groups excluding carboxylic acids is 1. The highest BCUT2D eigenvalue weighted by atomic mass is 32.1. The van der Waals surface area contributed by atoms with Crippen LogP contribution in [0.25, 0.3) is 11.4 Å². The Morgan fingerprint density at radius 2 is 2.00 bits per heavy atom. The van der Waals surface area contributed by atoms with Gasteiger partial charge in [0, 0.05) is 28.2 Å². The van der Waals surface area contributed by atoms with Gasteiger partial charge in [-0.05, 0) is 49.4 Å². The van der Waals surface area contributed by atoms with Crippen molar-refractivity contribution in [3.63, 3.8) is 0 Å². The number of nitrogens with zero attached hydrogens (tertiary/aromatic N) is 2. The van der Waals surface area contributed by atoms with Crippen LogP contribution in [0.5, 0.6) is 0 Å². The van der Waals surface area contributed by atoms with Crippen LogP contribution in [0.15, 0.2) is 53.2 Å². The number of thiophene rings is 1. The Kier molecular flexibility index (Phi) is 5.51. The number of hydrogen-bond acceptors (Lipinski definition) is 5. The van der Waals surface area contributed by atoms with Gasteiger partial charge < -0.3 is 15.6 Å². The van der Waals surface area contributed by atoms with Gasteiger partial charge in [-0.25, -0.2) is 4.98 Å². The van der Waals surface area contributed by atoms with Gasteiger partial charge in [-0.3, -0.25) is 4.79 Å². The topological polar surface area (TPSA) is 72.9 Å². The molecule has 0 aliphatic rings. The summed E-state index contributed by atoms with van der Waals surface area (Å²) < 4.78 is 2.15. The monoisotopic (exact) mass is 422 g/mol. The van der Waals surface area contributed by atoms with Gasteiger partial charge in [0.15, 0.2) is 5.13 Å². The number of benzene rings is 1. The molecule has 0 atom stereocenters. The number of primary amides is 1. The van der Waals surface area contributed by atoms with Crippen molar-refractivity contribution in [1.82, 2.24) is 9.55 Å². The van der Waals surface area contributed by atoms with Crippen molar-refractivity contribution in [3.8, 4) is 11.4 Å². The molecule has 3 heterocycles. The molecule has 148 valence electrons. The lowest BCUT2D eigenvalue weighted by Crippen LogP contribution is -2.13. The van der Waals surface area contributed by atoms with Crippen molar-refractivity contribution in [3.05, 3.63) is 74.9 Å². The van der Waals surface area contributed by atoms with E-state index in [2.05, 4.69) is 40.4 Å². The molecule has 0 saturated carbocycles. The van der Waals surface area contributed by atoms with Crippen LogP contribution >= 0.6 is 22.7 Å². The molecular formula is C22H22N4OS2. The van der Waals surface area contributed by atoms with Gasteiger partial charge in [-0.1, -0.05) is 24.3 Å². The minimum Gasteiger partial charge on any atom is -0.366 e. The van der Waals surface area contributed by atoms with Gasteiger partial charge in [-0.15, -0.1) is 22.7 Å². The van der Waals surface area contributed by atoms with Crippen LogP contribution in [0.2, 0.25) is 0 Å². The molecule has 4 rings (SSSR count). The Bertz CT molecular complexity index is 1140. The van der Waals surface area contributed by atoms with Crippen LogP contribution in [-0.4, -0.2) is 15.5 Å². The number of anilines is 2. The maximum atomic E-state index is 11.9. The maximum Gasteiger partial charge on any atom is 0.250 e. The first-order valence-electron chi connectivity index (χ1n) is 9.34. The third-order valence-corrected chi connectivity index (χ3v) is 6.64. The largest absolute Gasteiger partial charge is 0.366 e. The summed E-state index contributed by atoms with van der Waals surface area (Å²) in [5, 5.41) is 8.30. The van der Waals surface area contributed by atoms with E-state index in [0.717, 1.165) is 46.4 Å². The number of rotatable bonds is 7. The Labute approximate surface area is 177 Å². The number of aryl methyl sites for hydroxylation is 2. The number of amides is 1. The number of nitrogens with one attached hydrogen (secondary N) is 1. The molecule has 0 saturated heterocycles. The number of carbonyl (C=O) groups is 1. The van der Waals surface area contributed by atoms with E-state index in [0.29, 0.717) is 5.56 Å². The van der Waals surface area contributed by atoms with E-state index >= 15 is 0 Å². The molecule has 0 aliphatic carbocycles. The molecule has 5 nitrogen and oxygen atoms in total. The Balaban J connectivity index is 1.65. The highest BCUT2D eigenvalue weighted by Crippen LogP contribution is 2.31. The van der Waals surface area contributed by atoms with Gasteiger partial charge in [0.1, 0.15) is 0 Å². The first-order chi connectivity index (χ1) is 14.0. The SMILES string of the molecule is Cc1ccccc1Nc1nc(-c2cc(C(N)=O)c(C)n2CCc2cccs2)cs1. The molecule has 3 N–H and O–H groups in total. The molecular weight excluding hydrogens is 400 g/mol. The van der Waals surface area contributed by atoms with E-state index in [1.807, 2.05) is 36.6 Å². The van der Waals surface area contributed by atoms with Crippen molar-refractivity contribution in [2.45, 2.75) is 26.8 Å². The number of para-hydroxylation sites is 1. The summed E-state index contributed by atoms with van der Waals surface area (Å²) in [4.78, 5) is 18.0. The lowest BCUT2D eigenvalue weighted by molar-refractivity contribution is 0.0999. The van der Waals surface area contributed by atoms with Gasteiger partial charge in [0.05, 0.1) is 17.0 Å². The minimum atomic E-state index is -0.410. The van der Waals surface area contributed by atoms with E-state index in [1.54, 1.807) is 22.7 Å². The van der Waals surface area contributed by atoms with Gasteiger partial charge in [0.25, 0.3) is 5.91 Å². The van der Waals surface area contributed by atoms with Crippen LogP contribution in [0, 0.1) is 13.8 Å². The molecule has 1 amide bonds. The van der Waals surface area contributed by atoms with Crippen LogP contribution in [0.1, 0.15) is 26.5 Å². The van der Waals surface area contributed by atoms with Crippen molar-refractivity contribution < 1.29 is 4.79 Å². The van der Waals surface area contributed by atoms with E-state index in [-0.39, 0.29) is 0 Å². The zero-order valence-electron chi connectivity index (χ0n) is 16.3. The third-order valence-electron chi connectivity index (χ3n) is 4.95. The molecule has 0 fully saturated rings. The van der Waals surface area contributed by atoms with Gasteiger partial charge in [-0.2, -0.15) is 0 Å². The van der Waals surface area contributed by atoms with Crippen LogP contribution in [0.4, 0.5) is 10.8 Å². The molecule has 29 heavy (non-hydrogen) atoms. The fourth-order valence-electron chi connectivity index (χ4n) is 3.35. The van der Waals surface area contributed by atoms with Gasteiger partial charge in [0.2, 0.25) is 0 Å². The lowest BCUT2D eigenvalue weighted by atomic mass is 10.2. The number of hydrogen-bond donors (Lipinski definition) is 2. The van der Waals surface area contributed by atoms with Crippen LogP contribution in [0.3, 0.4) is 0 Å². The summed E-state index contributed by atoms with van der Waals surface area (Å²) in [7, 11) is 0. The second kappa shape index (κ2) is 8.23. The highest BCUT2D eigenvalue weighted by molar-refractivity contribution is 7.14. The van der Waals surface area contributed by atoms with Crippen molar-refractivity contribution >= 4 is 39.4 Å². The predicted molar refractivity (Wildman–Crippen MR) is 121 cm³/mol. The molecule has 0 spiro atoms. The van der Waals surface area contributed by atoms with E-state index in [1.165, 1.54) is 4.88 Å². The second-order valence-corrected chi connectivity index (χ2v) is 8.74. The standard InChI is InChI=1S/C22H22N4OS2/c1-14-6-3-4-8-18(14)24-22-25-19(13-29-22)20-12-17(21(23)27)15(2)26(20)10-9-16-7-5-11-28-16/h3-8,11-13H,9-10H2,1-2H3,(H2,23,27)(H,24,25). The highest BCUT2D eigenvalue weighted by Gasteiger charge is 2.19. The molecule has 4 aromatic rings. The van der Waals surface area contributed by atoms with E-state index in [4.69, 9.17) is 10.7 Å². The first-order valence-corrected chi connectivity index (χ1v) is 11.1. The Hall–Kier alpha value is -2.90.